The summed E-state index contributed by atoms with van der Waals surface area (Å²) in [6, 6.07) is 13.8. The SMILES string of the molecule is Cc1nn(-c2cc(Oc3ccc(NC(=O)c4ccc([N+](=O)[O-])cc4)cc3)ncn2)c(C)c1C. The smallest absolute Gasteiger partial charge is 0.269 e. The van der Waals surface area contributed by atoms with Gasteiger partial charge in [-0.15, -0.1) is 0 Å². The number of amides is 1. The van der Waals surface area contributed by atoms with Crippen molar-refractivity contribution in [3.8, 4) is 17.4 Å². The van der Waals surface area contributed by atoms with Crippen LogP contribution >= 0.6 is 0 Å². The van der Waals surface area contributed by atoms with Crippen LogP contribution in [0.15, 0.2) is 60.9 Å². The molecular weight excluding hydrogens is 424 g/mol. The minimum atomic E-state index is -0.515. The number of nitro groups is 1. The molecule has 1 N–H and O–H groups in total. The van der Waals surface area contributed by atoms with Crippen molar-refractivity contribution in [1.29, 1.82) is 0 Å². The molecule has 0 spiro atoms. The van der Waals surface area contributed by atoms with E-state index in [0.717, 1.165) is 17.0 Å². The van der Waals surface area contributed by atoms with Crippen molar-refractivity contribution in [2.45, 2.75) is 20.8 Å². The monoisotopic (exact) mass is 444 g/mol. The molecule has 0 aliphatic rings. The molecule has 4 aromatic rings. The summed E-state index contributed by atoms with van der Waals surface area (Å²) in [7, 11) is 0. The number of nitrogens with zero attached hydrogens (tertiary/aromatic N) is 5. The van der Waals surface area contributed by atoms with E-state index in [1.807, 2.05) is 20.8 Å². The molecule has 0 bridgehead atoms. The van der Waals surface area contributed by atoms with E-state index in [9.17, 15) is 14.9 Å². The molecular formula is C23H20N6O4. The standard InChI is InChI=1S/C23H20N6O4/c1-14-15(2)27-28(16(14)3)21-12-22(25-13-24-21)33-20-10-6-18(7-11-20)26-23(30)17-4-8-19(9-5-17)29(31)32/h4-13H,1-3H3,(H,26,30). The Morgan fingerprint density at radius 1 is 1.03 bits per heavy atom. The zero-order valence-electron chi connectivity index (χ0n) is 18.1. The number of non-ortho nitro benzene ring substituents is 1. The average molecular weight is 444 g/mol. The summed E-state index contributed by atoms with van der Waals surface area (Å²) in [4.78, 5) is 31.0. The zero-order valence-corrected chi connectivity index (χ0v) is 18.1. The number of rotatable bonds is 6. The first-order valence-corrected chi connectivity index (χ1v) is 10.0. The Labute approximate surface area is 189 Å². The van der Waals surface area contributed by atoms with Crippen LogP contribution in [-0.2, 0) is 0 Å². The number of carbonyl (C=O) groups excluding carboxylic acids is 1. The van der Waals surface area contributed by atoms with E-state index in [1.54, 1.807) is 35.0 Å². The number of benzene rings is 2. The summed E-state index contributed by atoms with van der Waals surface area (Å²) >= 11 is 0. The van der Waals surface area contributed by atoms with E-state index in [4.69, 9.17) is 4.74 Å². The molecule has 2 aromatic carbocycles. The third kappa shape index (κ3) is 4.69. The topological polar surface area (TPSA) is 125 Å². The van der Waals surface area contributed by atoms with Gasteiger partial charge in [-0.1, -0.05) is 0 Å². The summed E-state index contributed by atoms with van der Waals surface area (Å²) in [5, 5.41) is 18.0. The quantitative estimate of drug-likeness (QED) is 0.342. The van der Waals surface area contributed by atoms with E-state index in [2.05, 4.69) is 20.4 Å². The highest BCUT2D eigenvalue weighted by Crippen LogP contribution is 2.24. The van der Waals surface area contributed by atoms with Gasteiger partial charge in [0, 0.05) is 35.1 Å². The third-order valence-corrected chi connectivity index (χ3v) is 5.17. The van der Waals surface area contributed by atoms with Gasteiger partial charge >= 0.3 is 0 Å². The normalized spacial score (nSPS) is 10.6. The van der Waals surface area contributed by atoms with Crippen molar-refractivity contribution in [3.05, 3.63) is 93.6 Å². The minimum absolute atomic E-state index is 0.0751. The molecule has 1 amide bonds. The van der Waals surface area contributed by atoms with E-state index >= 15 is 0 Å². The van der Waals surface area contributed by atoms with E-state index in [-0.39, 0.29) is 11.6 Å². The predicted octanol–water partition coefficient (Wildman–Crippen LogP) is 4.54. The number of hydrogen-bond donors (Lipinski definition) is 1. The maximum atomic E-state index is 12.4. The van der Waals surface area contributed by atoms with Crippen molar-refractivity contribution in [3.63, 3.8) is 0 Å². The first-order valence-electron chi connectivity index (χ1n) is 10.0. The molecule has 2 heterocycles. The van der Waals surface area contributed by atoms with Gasteiger partial charge in [0.1, 0.15) is 12.1 Å². The van der Waals surface area contributed by atoms with Crippen LogP contribution in [0.2, 0.25) is 0 Å². The average Bonchev–Trinajstić information content (AvgIpc) is 3.08. The fraction of sp³-hybridized carbons (Fsp3) is 0.130. The number of aromatic nitrogens is 4. The lowest BCUT2D eigenvalue weighted by molar-refractivity contribution is -0.384. The first kappa shape index (κ1) is 21.6. The molecule has 0 aliphatic carbocycles. The Morgan fingerprint density at radius 3 is 2.33 bits per heavy atom. The molecule has 2 aromatic heterocycles. The Balaban J connectivity index is 1.44. The van der Waals surface area contributed by atoms with Crippen LogP contribution in [0.1, 0.15) is 27.3 Å². The molecule has 33 heavy (non-hydrogen) atoms. The number of nitrogens with one attached hydrogen (secondary N) is 1. The summed E-state index contributed by atoms with van der Waals surface area (Å²) in [6.07, 6.45) is 1.41. The fourth-order valence-corrected chi connectivity index (χ4v) is 3.11. The van der Waals surface area contributed by atoms with Gasteiger partial charge in [0.05, 0.1) is 10.6 Å². The maximum absolute atomic E-state index is 12.4. The lowest BCUT2D eigenvalue weighted by atomic mass is 10.2. The molecule has 0 unspecified atom stereocenters. The minimum Gasteiger partial charge on any atom is -0.439 e. The highest BCUT2D eigenvalue weighted by Gasteiger charge is 2.12. The molecule has 10 heteroatoms. The molecule has 166 valence electrons. The number of anilines is 1. The highest BCUT2D eigenvalue weighted by atomic mass is 16.6. The van der Waals surface area contributed by atoms with Crippen molar-refractivity contribution >= 4 is 17.3 Å². The van der Waals surface area contributed by atoms with Gasteiger partial charge in [0.15, 0.2) is 5.82 Å². The Bertz CT molecular complexity index is 1330. The summed E-state index contributed by atoms with van der Waals surface area (Å²) < 4.78 is 7.57. The zero-order chi connectivity index (χ0) is 23.5. The molecule has 10 nitrogen and oxygen atoms in total. The van der Waals surface area contributed by atoms with E-state index in [0.29, 0.717) is 28.7 Å². The maximum Gasteiger partial charge on any atom is 0.269 e. The van der Waals surface area contributed by atoms with Gasteiger partial charge in [-0.2, -0.15) is 5.10 Å². The molecule has 0 atom stereocenters. The first-order chi connectivity index (χ1) is 15.8. The summed E-state index contributed by atoms with van der Waals surface area (Å²) in [6.45, 7) is 5.93. The van der Waals surface area contributed by atoms with Crippen LogP contribution in [0.4, 0.5) is 11.4 Å². The summed E-state index contributed by atoms with van der Waals surface area (Å²) in [5.74, 6) is 1.10. The van der Waals surface area contributed by atoms with E-state index < -0.39 is 4.92 Å². The second-order valence-electron chi connectivity index (χ2n) is 7.31. The van der Waals surface area contributed by atoms with Crippen molar-refractivity contribution in [2.24, 2.45) is 0 Å². The molecule has 0 saturated carbocycles. The largest absolute Gasteiger partial charge is 0.439 e. The lowest BCUT2D eigenvalue weighted by Crippen LogP contribution is -2.11. The van der Waals surface area contributed by atoms with Crippen molar-refractivity contribution < 1.29 is 14.5 Å². The second kappa shape index (κ2) is 8.87. The molecule has 0 fully saturated rings. The number of hydrogen-bond acceptors (Lipinski definition) is 7. The van der Waals surface area contributed by atoms with Crippen LogP contribution in [0, 0.1) is 30.9 Å². The number of aryl methyl sites for hydroxylation is 1. The van der Waals surface area contributed by atoms with Crippen LogP contribution in [0.5, 0.6) is 11.6 Å². The second-order valence-corrected chi connectivity index (χ2v) is 7.31. The predicted molar refractivity (Wildman–Crippen MR) is 121 cm³/mol. The summed E-state index contributed by atoms with van der Waals surface area (Å²) in [5.41, 5.74) is 3.81. The molecule has 0 saturated heterocycles. The van der Waals surface area contributed by atoms with Gasteiger partial charge < -0.3 is 10.1 Å². The van der Waals surface area contributed by atoms with Crippen LogP contribution < -0.4 is 10.1 Å². The number of carbonyl (C=O) groups is 1. The fourth-order valence-electron chi connectivity index (χ4n) is 3.11. The molecule has 0 aliphatic heterocycles. The van der Waals surface area contributed by atoms with Crippen LogP contribution in [0.25, 0.3) is 5.82 Å². The van der Waals surface area contributed by atoms with Crippen molar-refractivity contribution in [1.82, 2.24) is 19.7 Å². The third-order valence-electron chi connectivity index (χ3n) is 5.17. The van der Waals surface area contributed by atoms with Gasteiger partial charge in [0.25, 0.3) is 11.6 Å². The molecule has 4 rings (SSSR count). The van der Waals surface area contributed by atoms with Gasteiger partial charge in [-0.25, -0.2) is 14.6 Å². The lowest BCUT2D eigenvalue weighted by Gasteiger charge is -2.09. The van der Waals surface area contributed by atoms with Gasteiger partial charge in [-0.05, 0) is 62.7 Å². The Hall–Kier alpha value is -4.60. The Kier molecular flexibility index (Phi) is 5.81. The van der Waals surface area contributed by atoms with Gasteiger partial charge in [-0.3, -0.25) is 14.9 Å². The number of ether oxygens (including phenoxy) is 1. The van der Waals surface area contributed by atoms with Gasteiger partial charge in [0.2, 0.25) is 5.88 Å². The number of nitro benzene ring substituents is 1. The van der Waals surface area contributed by atoms with E-state index in [1.165, 1.54) is 30.6 Å². The van der Waals surface area contributed by atoms with Crippen LogP contribution in [-0.4, -0.2) is 30.6 Å². The van der Waals surface area contributed by atoms with Crippen LogP contribution in [0.3, 0.4) is 0 Å². The highest BCUT2D eigenvalue weighted by molar-refractivity contribution is 6.04. The molecule has 0 radical (unpaired) electrons. The van der Waals surface area contributed by atoms with Crippen molar-refractivity contribution in [2.75, 3.05) is 5.32 Å². The Morgan fingerprint density at radius 2 is 1.73 bits per heavy atom.